The van der Waals surface area contributed by atoms with Crippen LogP contribution < -0.4 is 0 Å². The van der Waals surface area contributed by atoms with E-state index in [1.807, 2.05) is 42.5 Å². The fraction of sp³-hybridized carbons (Fsp3) is 0.176. The van der Waals surface area contributed by atoms with Crippen molar-refractivity contribution in [1.82, 2.24) is 0 Å². The van der Waals surface area contributed by atoms with Crippen LogP contribution in [-0.4, -0.2) is 5.11 Å². The minimum Gasteiger partial charge on any atom is -0.456 e. The minimum atomic E-state index is -0.987. The molecule has 2 aromatic carbocycles. The Hall–Kier alpha value is -1.77. The Kier molecular flexibility index (Phi) is 3.08. The zero-order chi connectivity index (χ0) is 14.3. The Bertz CT molecular complexity index is 733. The second-order valence-corrected chi connectivity index (χ2v) is 5.78. The van der Waals surface area contributed by atoms with Crippen molar-refractivity contribution >= 4 is 22.6 Å². The van der Waals surface area contributed by atoms with Crippen molar-refractivity contribution in [3.8, 4) is 11.3 Å². The molecule has 0 saturated carbocycles. The van der Waals surface area contributed by atoms with Gasteiger partial charge in [0.2, 0.25) is 0 Å². The number of aliphatic hydroxyl groups is 1. The molecule has 0 amide bonds. The van der Waals surface area contributed by atoms with Gasteiger partial charge in [-0.2, -0.15) is 0 Å². The lowest BCUT2D eigenvalue weighted by atomic mass is 9.92. The van der Waals surface area contributed by atoms with Crippen LogP contribution >= 0.6 is 11.6 Å². The summed E-state index contributed by atoms with van der Waals surface area (Å²) in [6.07, 6.45) is 0. The van der Waals surface area contributed by atoms with Crippen molar-refractivity contribution in [1.29, 1.82) is 0 Å². The summed E-state index contributed by atoms with van der Waals surface area (Å²) < 4.78 is 5.88. The Labute approximate surface area is 122 Å². The van der Waals surface area contributed by atoms with Gasteiger partial charge in [0.25, 0.3) is 0 Å². The van der Waals surface area contributed by atoms with E-state index in [0.29, 0.717) is 10.8 Å². The highest BCUT2D eigenvalue weighted by Crippen LogP contribution is 2.39. The predicted molar refractivity (Wildman–Crippen MR) is 81.9 cm³/mol. The number of furan rings is 1. The molecule has 102 valence electrons. The molecule has 0 aliphatic rings. The molecule has 0 saturated heterocycles. The van der Waals surface area contributed by atoms with Crippen LogP contribution in [0.1, 0.15) is 19.4 Å². The molecule has 2 nitrogen and oxygen atoms in total. The first-order valence-corrected chi connectivity index (χ1v) is 6.85. The molecule has 0 fully saturated rings. The summed E-state index contributed by atoms with van der Waals surface area (Å²) >= 11 is 6.33. The van der Waals surface area contributed by atoms with Crippen LogP contribution in [0.2, 0.25) is 5.02 Å². The summed E-state index contributed by atoms with van der Waals surface area (Å²) in [7, 11) is 0. The maximum absolute atomic E-state index is 10.3. The molecule has 1 N–H and O–H groups in total. The van der Waals surface area contributed by atoms with Gasteiger partial charge in [-0.1, -0.05) is 41.9 Å². The molecule has 0 spiro atoms. The van der Waals surface area contributed by atoms with Crippen LogP contribution in [0.3, 0.4) is 0 Å². The lowest BCUT2D eigenvalue weighted by molar-refractivity contribution is 0.0791. The molecular formula is C17H15ClO2. The summed E-state index contributed by atoms with van der Waals surface area (Å²) in [5.41, 5.74) is 1.32. The highest BCUT2D eigenvalue weighted by molar-refractivity contribution is 6.33. The van der Waals surface area contributed by atoms with Gasteiger partial charge < -0.3 is 9.52 Å². The zero-order valence-corrected chi connectivity index (χ0v) is 12.1. The van der Waals surface area contributed by atoms with Gasteiger partial charge in [0.1, 0.15) is 11.3 Å². The normalized spacial score (nSPS) is 12.0. The minimum absolute atomic E-state index is 0.573. The molecule has 0 aliphatic heterocycles. The SMILES string of the molecule is CC(C)(O)c1cccc(Cl)c1-c1cc2ccccc2o1. The molecule has 0 radical (unpaired) electrons. The quantitative estimate of drug-likeness (QED) is 0.721. The summed E-state index contributed by atoms with van der Waals surface area (Å²) in [6.45, 7) is 3.48. The molecule has 0 bridgehead atoms. The number of hydrogen-bond donors (Lipinski definition) is 1. The summed E-state index contributed by atoms with van der Waals surface area (Å²) in [5.74, 6) is 0.675. The Balaban J connectivity index is 2.28. The van der Waals surface area contributed by atoms with E-state index >= 15 is 0 Å². The van der Waals surface area contributed by atoms with E-state index in [1.54, 1.807) is 19.9 Å². The van der Waals surface area contributed by atoms with Crippen LogP contribution in [-0.2, 0) is 5.60 Å². The third-order valence-corrected chi connectivity index (χ3v) is 3.66. The highest BCUT2D eigenvalue weighted by Gasteiger charge is 2.24. The second kappa shape index (κ2) is 4.65. The Morgan fingerprint density at radius 2 is 1.80 bits per heavy atom. The third-order valence-electron chi connectivity index (χ3n) is 3.34. The summed E-state index contributed by atoms with van der Waals surface area (Å²) in [4.78, 5) is 0. The first kappa shape index (κ1) is 13.2. The summed E-state index contributed by atoms with van der Waals surface area (Å²) in [6, 6.07) is 15.3. The predicted octanol–water partition coefficient (Wildman–Crippen LogP) is 4.98. The van der Waals surface area contributed by atoms with E-state index in [-0.39, 0.29) is 0 Å². The van der Waals surface area contributed by atoms with Crippen LogP contribution in [0.15, 0.2) is 52.9 Å². The van der Waals surface area contributed by atoms with Crippen molar-refractivity contribution in [2.24, 2.45) is 0 Å². The molecule has 3 aromatic rings. The summed E-state index contributed by atoms with van der Waals surface area (Å²) in [5, 5.41) is 11.9. The van der Waals surface area contributed by atoms with Gasteiger partial charge in [0, 0.05) is 10.9 Å². The number of benzene rings is 2. The highest BCUT2D eigenvalue weighted by atomic mass is 35.5. The maximum atomic E-state index is 10.3. The van der Waals surface area contributed by atoms with Crippen molar-refractivity contribution in [3.63, 3.8) is 0 Å². The van der Waals surface area contributed by atoms with Crippen LogP contribution in [0.25, 0.3) is 22.3 Å². The molecular weight excluding hydrogens is 272 g/mol. The largest absolute Gasteiger partial charge is 0.456 e. The molecule has 0 unspecified atom stereocenters. The third kappa shape index (κ3) is 2.21. The average Bonchev–Trinajstić information content (AvgIpc) is 2.80. The number of halogens is 1. The van der Waals surface area contributed by atoms with E-state index in [4.69, 9.17) is 16.0 Å². The van der Waals surface area contributed by atoms with E-state index in [0.717, 1.165) is 22.1 Å². The van der Waals surface area contributed by atoms with Crippen molar-refractivity contribution < 1.29 is 9.52 Å². The Morgan fingerprint density at radius 1 is 1.05 bits per heavy atom. The first-order chi connectivity index (χ1) is 9.47. The monoisotopic (exact) mass is 286 g/mol. The lowest BCUT2D eigenvalue weighted by Gasteiger charge is -2.21. The van der Waals surface area contributed by atoms with Crippen LogP contribution in [0.5, 0.6) is 0 Å². The molecule has 1 heterocycles. The van der Waals surface area contributed by atoms with Crippen LogP contribution in [0, 0.1) is 0 Å². The fourth-order valence-corrected chi connectivity index (χ4v) is 2.66. The van der Waals surface area contributed by atoms with Gasteiger partial charge in [-0.05, 0) is 37.6 Å². The fourth-order valence-electron chi connectivity index (χ4n) is 2.39. The van der Waals surface area contributed by atoms with E-state index in [2.05, 4.69) is 0 Å². The van der Waals surface area contributed by atoms with Crippen molar-refractivity contribution in [3.05, 3.63) is 59.1 Å². The van der Waals surface area contributed by atoms with E-state index in [1.165, 1.54) is 0 Å². The van der Waals surface area contributed by atoms with Crippen molar-refractivity contribution in [2.75, 3.05) is 0 Å². The number of fused-ring (bicyclic) bond motifs is 1. The average molecular weight is 287 g/mol. The van der Waals surface area contributed by atoms with Gasteiger partial charge in [-0.15, -0.1) is 0 Å². The van der Waals surface area contributed by atoms with Gasteiger partial charge in [-0.3, -0.25) is 0 Å². The van der Waals surface area contributed by atoms with Crippen LogP contribution in [0.4, 0.5) is 0 Å². The van der Waals surface area contributed by atoms with Gasteiger partial charge in [0.05, 0.1) is 10.6 Å². The van der Waals surface area contributed by atoms with Crippen molar-refractivity contribution in [2.45, 2.75) is 19.4 Å². The van der Waals surface area contributed by atoms with E-state index in [9.17, 15) is 5.11 Å². The standard InChI is InChI=1S/C17H15ClO2/c1-17(2,19)12-7-5-8-13(18)16(12)15-10-11-6-3-4-9-14(11)20-15/h3-10,19H,1-2H3. The topological polar surface area (TPSA) is 33.4 Å². The number of rotatable bonds is 2. The molecule has 3 rings (SSSR count). The van der Waals surface area contributed by atoms with E-state index < -0.39 is 5.60 Å². The van der Waals surface area contributed by atoms with Gasteiger partial charge in [-0.25, -0.2) is 0 Å². The molecule has 0 atom stereocenters. The first-order valence-electron chi connectivity index (χ1n) is 6.47. The number of para-hydroxylation sites is 1. The zero-order valence-electron chi connectivity index (χ0n) is 11.4. The molecule has 1 aromatic heterocycles. The number of hydrogen-bond acceptors (Lipinski definition) is 2. The lowest BCUT2D eigenvalue weighted by Crippen LogP contribution is -2.16. The van der Waals surface area contributed by atoms with Gasteiger partial charge in [0.15, 0.2) is 0 Å². The maximum Gasteiger partial charge on any atom is 0.137 e. The Morgan fingerprint density at radius 3 is 2.50 bits per heavy atom. The molecule has 0 aliphatic carbocycles. The smallest absolute Gasteiger partial charge is 0.137 e. The van der Waals surface area contributed by atoms with Gasteiger partial charge >= 0.3 is 0 Å². The molecule has 20 heavy (non-hydrogen) atoms. The molecule has 3 heteroatoms. The second-order valence-electron chi connectivity index (χ2n) is 5.37.